The van der Waals surface area contributed by atoms with Crippen LogP contribution in [0.25, 0.3) is 10.9 Å². The maximum atomic E-state index is 12.8. The zero-order valence-electron chi connectivity index (χ0n) is 14.8. The molecule has 132 valence electrons. The highest BCUT2D eigenvalue weighted by molar-refractivity contribution is 6.04. The van der Waals surface area contributed by atoms with Crippen LogP contribution in [-0.2, 0) is 22.5 Å². The normalized spacial score (nSPS) is 21.9. The van der Waals surface area contributed by atoms with E-state index < -0.39 is 0 Å². The van der Waals surface area contributed by atoms with Crippen LogP contribution in [0.1, 0.15) is 47.8 Å². The van der Waals surface area contributed by atoms with Crippen LogP contribution in [0.2, 0.25) is 0 Å². The minimum atomic E-state index is -0.336. The van der Waals surface area contributed by atoms with Gasteiger partial charge in [0.05, 0.1) is 18.2 Å². The fraction of sp³-hybridized carbons (Fsp3) is 0.500. The molecule has 0 saturated heterocycles. The number of ether oxygens (including phenoxy) is 1. The summed E-state index contributed by atoms with van der Waals surface area (Å²) in [6.45, 7) is 3.56. The van der Waals surface area contributed by atoms with Gasteiger partial charge in [-0.3, -0.25) is 4.79 Å². The van der Waals surface area contributed by atoms with E-state index in [1.54, 1.807) is 6.07 Å². The number of benzene rings is 1. The number of hydrogen-bond donors (Lipinski definition) is 1. The quantitative estimate of drug-likeness (QED) is 0.869. The van der Waals surface area contributed by atoms with Crippen molar-refractivity contribution >= 4 is 22.8 Å². The molecule has 1 saturated carbocycles. The van der Waals surface area contributed by atoms with Gasteiger partial charge in [-0.1, -0.05) is 25.5 Å². The summed E-state index contributed by atoms with van der Waals surface area (Å²) in [4.78, 5) is 30.2. The number of rotatable bonds is 4. The molecule has 1 fully saturated rings. The molecule has 1 aliphatic heterocycles. The predicted molar refractivity (Wildman–Crippen MR) is 95.3 cm³/mol. The van der Waals surface area contributed by atoms with Gasteiger partial charge in [0.15, 0.2) is 0 Å². The number of carbonyl (C=O) groups is 2. The minimum absolute atomic E-state index is 0.234. The Balaban J connectivity index is 1.61. The van der Waals surface area contributed by atoms with Crippen LogP contribution in [0.15, 0.2) is 18.2 Å². The van der Waals surface area contributed by atoms with Crippen molar-refractivity contribution < 1.29 is 14.3 Å². The Bertz CT molecular complexity index is 839. The van der Waals surface area contributed by atoms with Gasteiger partial charge in [0.2, 0.25) is 5.91 Å². The van der Waals surface area contributed by atoms with Crippen LogP contribution in [-0.4, -0.2) is 35.4 Å². The van der Waals surface area contributed by atoms with E-state index in [1.165, 1.54) is 7.11 Å². The summed E-state index contributed by atoms with van der Waals surface area (Å²) in [5, 5.41) is 1.02. The third-order valence-corrected chi connectivity index (χ3v) is 5.63. The molecule has 5 heteroatoms. The van der Waals surface area contributed by atoms with E-state index in [-0.39, 0.29) is 11.9 Å². The third kappa shape index (κ3) is 2.71. The van der Waals surface area contributed by atoms with Crippen molar-refractivity contribution in [3.63, 3.8) is 0 Å². The van der Waals surface area contributed by atoms with Crippen molar-refractivity contribution in [1.82, 2.24) is 9.88 Å². The first-order chi connectivity index (χ1) is 12.1. The highest BCUT2D eigenvalue weighted by Gasteiger charge is 2.44. The Hall–Kier alpha value is -2.30. The zero-order chi connectivity index (χ0) is 17.6. The first-order valence-electron chi connectivity index (χ1n) is 9.13. The lowest BCUT2D eigenvalue weighted by Gasteiger charge is -2.27. The van der Waals surface area contributed by atoms with E-state index >= 15 is 0 Å². The summed E-state index contributed by atoms with van der Waals surface area (Å²) in [5.41, 5.74) is 3.66. The lowest BCUT2D eigenvalue weighted by Crippen LogP contribution is -2.37. The van der Waals surface area contributed by atoms with Gasteiger partial charge < -0.3 is 14.6 Å². The van der Waals surface area contributed by atoms with Crippen molar-refractivity contribution in [2.45, 2.75) is 39.2 Å². The maximum Gasteiger partial charge on any atom is 0.339 e. The molecular formula is C20H24N2O3. The molecule has 0 bridgehead atoms. The second-order valence-corrected chi connectivity index (χ2v) is 7.20. The highest BCUT2D eigenvalue weighted by Crippen LogP contribution is 2.44. The molecule has 25 heavy (non-hydrogen) atoms. The van der Waals surface area contributed by atoms with Gasteiger partial charge in [0, 0.05) is 42.1 Å². The van der Waals surface area contributed by atoms with E-state index in [4.69, 9.17) is 4.74 Å². The van der Waals surface area contributed by atoms with E-state index in [1.807, 2.05) is 17.0 Å². The largest absolute Gasteiger partial charge is 0.465 e. The molecule has 1 aliphatic carbocycles. The summed E-state index contributed by atoms with van der Waals surface area (Å²) in [6, 6.07) is 5.67. The first-order valence-corrected chi connectivity index (χ1v) is 9.13. The highest BCUT2D eigenvalue weighted by atomic mass is 16.5. The molecule has 0 spiro atoms. The predicted octanol–water partition coefficient (Wildman–Crippen LogP) is 3.28. The molecule has 0 radical (unpaired) electrons. The Morgan fingerprint density at radius 2 is 2.20 bits per heavy atom. The summed E-state index contributed by atoms with van der Waals surface area (Å²) < 4.78 is 4.89. The smallest absolute Gasteiger partial charge is 0.339 e. The minimum Gasteiger partial charge on any atom is -0.465 e. The SMILES string of the molecule is CCCC1CC1C(=O)N1CCc2[nH]c3c(C(=O)OC)cccc3c2C1. The molecule has 1 amide bonds. The van der Waals surface area contributed by atoms with Gasteiger partial charge in [-0.25, -0.2) is 4.79 Å². The molecule has 2 unspecified atom stereocenters. The molecule has 5 nitrogen and oxygen atoms in total. The van der Waals surface area contributed by atoms with E-state index in [9.17, 15) is 9.59 Å². The second kappa shape index (κ2) is 6.21. The van der Waals surface area contributed by atoms with Crippen molar-refractivity contribution in [3.05, 3.63) is 35.0 Å². The van der Waals surface area contributed by atoms with Gasteiger partial charge in [-0.05, 0) is 24.8 Å². The number of para-hydroxylation sites is 1. The molecule has 4 rings (SSSR count). The Morgan fingerprint density at radius 3 is 2.96 bits per heavy atom. The summed E-state index contributed by atoms with van der Waals surface area (Å²) in [6.07, 6.45) is 4.17. The third-order valence-electron chi connectivity index (χ3n) is 5.63. The van der Waals surface area contributed by atoms with Crippen LogP contribution in [0.5, 0.6) is 0 Å². The molecule has 2 heterocycles. The number of esters is 1. The van der Waals surface area contributed by atoms with Crippen molar-refractivity contribution in [2.75, 3.05) is 13.7 Å². The Labute approximate surface area is 147 Å². The average Bonchev–Trinajstić information content (AvgIpc) is 3.30. The van der Waals surface area contributed by atoms with Crippen LogP contribution >= 0.6 is 0 Å². The number of aromatic amines is 1. The van der Waals surface area contributed by atoms with Crippen LogP contribution < -0.4 is 0 Å². The second-order valence-electron chi connectivity index (χ2n) is 7.20. The summed E-state index contributed by atoms with van der Waals surface area (Å²) >= 11 is 0. The summed E-state index contributed by atoms with van der Waals surface area (Å²) in [7, 11) is 1.40. The van der Waals surface area contributed by atoms with E-state index in [2.05, 4.69) is 11.9 Å². The lowest BCUT2D eigenvalue weighted by atomic mass is 10.0. The first kappa shape index (κ1) is 16.2. The van der Waals surface area contributed by atoms with Crippen LogP contribution in [0, 0.1) is 11.8 Å². The lowest BCUT2D eigenvalue weighted by molar-refractivity contribution is -0.133. The number of methoxy groups -OCH3 is 1. The molecule has 1 aromatic carbocycles. The average molecular weight is 340 g/mol. The maximum absolute atomic E-state index is 12.8. The number of fused-ring (bicyclic) bond motifs is 3. The van der Waals surface area contributed by atoms with Gasteiger partial charge in [0.25, 0.3) is 0 Å². The van der Waals surface area contributed by atoms with Crippen molar-refractivity contribution in [3.8, 4) is 0 Å². The molecule has 2 aliphatic rings. The standard InChI is InChI=1S/C20H24N2O3/c1-3-5-12-10-15(12)19(23)22-9-8-17-16(11-22)13-6-4-7-14(18(13)21-17)20(24)25-2/h4,6-7,12,15,21H,3,5,8-11H2,1-2H3. The summed E-state index contributed by atoms with van der Waals surface area (Å²) in [5.74, 6) is 0.796. The molecule has 2 atom stereocenters. The number of H-pyrrole nitrogens is 1. The fourth-order valence-electron chi connectivity index (χ4n) is 4.18. The van der Waals surface area contributed by atoms with E-state index in [0.717, 1.165) is 54.4 Å². The van der Waals surface area contributed by atoms with E-state index in [0.29, 0.717) is 23.9 Å². The molecule has 1 aromatic heterocycles. The monoisotopic (exact) mass is 340 g/mol. The Morgan fingerprint density at radius 1 is 1.36 bits per heavy atom. The number of nitrogens with one attached hydrogen (secondary N) is 1. The van der Waals surface area contributed by atoms with Gasteiger partial charge in [-0.15, -0.1) is 0 Å². The number of carbonyl (C=O) groups excluding carboxylic acids is 2. The molecule has 1 N–H and O–H groups in total. The zero-order valence-corrected chi connectivity index (χ0v) is 14.8. The number of aromatic nitrogens is 1. The van der Waals surface area contributed by atoms with Crippen molar-refractivity contribution in [2.24, 2.45) is 11.8 Å². The van der Waals surface area contributed by atoms with Crippen LogP contribution in [0.3, 0.4) is 0 Å². The number of hydrogen-bond acceptors (Lipinski definition) is 3. The topological polar surface area (TPSA) is 62.4 Å². The Kier molecular flexibility index (Phi) is 4.02. The number of amides is 1. The van der Waals surface area contributed by atoms with Gasteiger partial charge >= 0.3 is 5.97 Å². The number of nitrogens with zero attached hydrogens (tertiary/aromatic N) is 1. The van der Waals surface area contributed by atoms with Crippen LogP contribution in [0.4, 0.5) is 0 Å². The molecule has 2 aromatic rings. The van der Waals surface area contributed by atoms with Gasteiger partial charge in [0.1, 0.15) is 0 Å². The van der Waals surface area contributed by atoms with Crippen molar-refractivity contribution in [1.29, 1.82) is 0 Å². The fourth-order valence-corrected chi connectivity index (χ4v) is 4.18. The molecular weight excluding hydrogens is 316 g/mol. The van der Waals surface area contributed by atoms with Gasteiger partial charge in [-0.2, -0.15) is 0 Å².